The first-order valence-corrected chi connectivity index (χ1v) is 7.00. The van der Waals surface area contributed by atoms with Crippen LogP contribution in [0, 0.1) is 0 Å². The van der Waals surface area contributed by atoms with E-state index in [1.165, 1.54) is 0 Å². The Labute approximate surface area is 128 Å². The van der Waals surface area contributed by atoms with Crippen molar-refractivity contribution in [3.05, 3.63) is 53.5 Å². The highest BCUT2D eigenvalue weighted by atomic mass is 16.5. The molecule has 0 saturated carbocycles. The fraction of sp³-hybridized carbons (Fsp3) is 0.312. The largest absolute Gasteiger partial charge is 0.489 e. The van der Waals surface area contributed by atoms with Gasteiger partial charge in [-0.05, 0) is 37.2 Å². The predicted molar refractivity (Wildman–Crippen MR) is 81.6 cm³/mol. The average molecular weight is 304 g/mol. The summed E-state index contributed by atoms with van der Waals surface area (Å²) in [5.74, 6) is 0.579. The Morgan fingerprint density at radius 3 is 2.64 bits per heavy atom. The normalized spacial score (nSPS) is 12.1. The van der Waals surface area contributed by atoms with Crippen molar-refractivity contribution < 1.29 is 19.1 Å². The molecule has 0 spiro atoms. The minimum absolute atomic E-state index is 0.366. The van der Waals surface area contributed by atoms with Crippen molar-refractivity contribution in [3.8, 4) is 5.75 Å². The van der Waals surface area contributed by atoms with Gasteiger partial charge < -0.3 is 25.3 Å². The molecule has 4 N–H and O–H groups in total. The van der Waals surface area contributed by atoms with Gasteiger partial charge in [-0.25, -0.2) is 0 Å². The van der Waals surface area contributed by atoms with E-state index in [2.05, 4.69) is 5.32 Å². The van der Waals surface area contributed by atoms with Gasteiger partial charge in [-0.3, -0.25) is 4.79 Å². The number of hydrogen-bond acceptors (Lipinski definition) is 5. The van der Waals surface area contributed by atoms with E-state index < -0.39 is 12.0 Å². The zero-order valence-electron chi connectivity index (χ0n) is 12.4. The van der Waals surface area contributed by atoms with E-state index in [1.807, 2.05) is 30.3 Å². The van der Waals surface area contributed by atoms with Gasteiger partial charge in [0.1, 0.15) is 24.2 Å². The van der Waals surface area contributed by atoms with Crippen molar-refractivity contribution in [1.29, 1.82) is 0 Å². The van der Waals surface area contributed by atoms with E-state index >= 15 is 0 Å². The number of likely N-dealkylation sites (N-methyl/N-ethyl adjacent to an activating group) is 1. The van der Waals surface area contributed by atoms with Crippen LogP contribution in [0.1, 0.15) is 16.9 Å². The molecule has 118 valence electrons. The molecule has 0 aliphatic heterocycles. The number of furan rings is 1. The summed E-state index contributed by atoms with van der Waals surface area (Å²) >= 11 is 0. The van der Waals surface area contributed by atoms with Gasteiger partial charge in [-0.15, -0.1) is 0 Å². The molecule has 0 saturated heterocycles. The Morgan fingerprint density at radius 1 is 1.36 bits per heavy atom. The number of carboxylic acid groups (broad SMARTS) is 1. The van der Waals surface area contributed by atoms with Crippen molar-refractivity contribution in [2.45, 2.75) is 25.6 Å². The molecule has 0 radical (unpaired) electrons. The molecular weight excluding hydrogens is 284 g/mol. The van der Waals surface area contributed by atoms with Crippen LogP contribution >= 0.6 is 0 Å². The second-order valence-corrected chi connectivity index (χ2v) is 4.94. The van der Waals surface area contributed by atoms with Crippen LogP contribution in [-0.2, 0) is 24.4 Å². The molecule has 2 aromatic rings. The van der Waals surface area contributed by atoms with E-state index in [0.29, 0.717) is 19.6 Å². The van der Waals surface area contributed by atoms with Crippen LogP contribution in [-0.4, -0.2) is 24.2 Å². The number of nitrogens with one attached hydrogen (secondary N) is 1. The zero-order valence-corrected chi connectivity index (χ0v) is 12.4. The molecule has 1 aromatic carbocycles. The van der Waals surface area contributed by atoms with Crippen LogP contribution < -0.4 is 15.8 Å². The van der Waals surface area contributed by atoms with Gasteiger partial charge in [0.05, 0.1) is 12.8 Å². The number of carboxylic acids is 1. The maximum atomic E-state index is 11.0. The molecule has 0 bridgehead atoms. The fourth-order valence-corrected chi connectivity index (χ4v) is 2.05. The lowest BCUT2D eigenvalue weighted by atomic mass is 10.1. The number of benzene rings is 1. The maximum Gasteiger partial charge on any atom is 0.321 e. The number of rotatable bonds is 8. The van der Waals surface area contributed by atoms with Crippen molar-refractivity contribution in [2.24, 2.45) is 5.73 Å². The van der Waals surface area contributed by atoms with Crippen molar-refractivity contribution >= 4 is 5.97 Å². The van der Waals surface area contributed by atoms with Crippen LogP contribution in [0.25, 0.3) is 0 Å². The van der Waals surface area contributed by atoms with E-state index in [0.717, 1.165) is 22.6 Å². The van der Waals surface area contributed by atoms with Gasteiger partial charge in [0.2, 0.25) is 0 Å². The van der Waals surface area contributed by atoms with Gasteiger partial charge in [-0.2, -0.15) is 0 Å². The Hall–Kier alpha value is -2.31. The Morgan fingerprint density at radius 2 is 2.09 bits per heavy atom. The standard InChI is InChI=1S/C16H20N2O4/c1-18-15(16(19)20)7-11-2-4-13(5-3-11)21-9-12-6-14(8-17)22-10-12/h2-6,10,15,18H,7-9,17H2,1H3,(H,19,20)/t15-/m0/s1. The first-order chi connectivity index (χ1) is 10.6. The molecule has 0 unspecified atom stereocenters. The van der Waals surface area contributed by atoms with E-state index in [9.17, 15) is 4.79 Å². The third-order valence-corrected chi connectivity index (χ3v) is 3.32. The van der Waals surface area contributed by atoms with Gasteiger partial charge in [0, 0.05) is 5.56 Å². The summed E-state index contributed by atoms with van der Waals surface area (Å²) < 4.78 is 10.9. The molecule has 22 heavy (non-hydrogen) atoms. The van der Waals surface area contributed by atoms with Crippen LogP contribution in [0.4, 0.5) is 0 Å². The smallest absolute Gasteiger partial charge is 0.321 e. The average Bonchev–Trinajstić information content (AvgIpc) is 2.99. The second kappa shape index (κ2) is 7.63. The van der Waals surface area contributed by atoms with E-state index in [1.54, 1.807) is 13.3 Å². The monoisotopic (exact) mass is 304 g/mol. The number of hydrogen-bond donors (Lipinski definition) is 3. The molecule has 0 aliphatic rings. The third kappa shape index (κ3) is 4.34. The molecule has 0 fully saturated rings. The Balaban J connectivity index is 1.90. The summed E-state index contributed by atoms with van der Waals surface area (Å²) in [6.45, 7) is 0.766. The maximum absolute atomic E-state index is 11.0. The molecule has 1 heterocycles. The lowest BCUT2D eigenvalue weighted by Gasteiger charge is -2.11. The van der Waals surface area contributed by atoms with Crippen LogP contribution in [0.15, 0.2) is 41.0 Å². The summed E-state index contributed by atoms with van der Waals surface area (Å²) in [4.78, 5) is 11.0. The van der Waals surface area contributed by atoms with Crippen molar-refractivity contribution in [1.82, 2.24) is 5.32 Å². The third-order valence-electron chi connectivity index (χ3n) is 3.32. The predicted octanol–water partition coefficient (Wildman–Crippen LogP) is 1.53. The highest BCUT2D eigenvalue weighted by Crippen LogP contribution is 2.16. The summed E-state index contributed by atoms with van der Waals surface area (Å²) in [6.07, 6.45) is 2.05. The summed E-state index contributed by atoms with van der Waals surface area (Å²) in [7, 11) is 1.64. The van der Waals surface area contributed by atoms with E-state index in [-0.39, 0.29) is 0 Å². The van der Waals surface area contributed by atoms with Crippen LogP contribution in [0.3, 0.4) is 0 Å². The lowest BCUT2D eigenvalue weighted by molar-refractivity contribution is -0.139. The molecule has 6 nitrogen and oxygen atoms in total. The molecule has 1 atom stereocenters. The minimum atomic E-state index is -0.863. The number of ether oxygens (including phenoxy) is 1. The number of nitrogens with two attached hydrogens (primary N) is 1. The van der Waals surface area contributed by atoms with Crippen LogP contribution in [0.5, 0.6) is 5.75 Å². The first kappa shape index (κ1) is 16.1. The minimum Gasteiger partial charge on any atom is -0.489 e. The van der Waals surface area contributed by atoms with Crippen molar-refractivity contribution in [2.75, 3.05) is 7.05 Å². The SMILES string of the molecule is CN[C@@H](Cc1ccc(OCc2coc(CN)c2)cc1)C(=O)O. The van der Waals surface area contributed by atoms with Crippen molar-refractivity contribution in [3.63, 3.8) is 0 Å². The summed E-state index contributed by atoms with van der Waals surface area (Å²) in [5.41, 5.74) is 7.33. The van der Waals surface area contributed by atoms with Gasteiger partial charge >= 0.3 is 5.97 Å². The highest BCUT2D eigenvalue weighted by molar-refractivity contribution is 5.73. The van der Waals surface area contributed by atoms with Gasteiger partial charge in [-0.1, -0.05) is 12.1 Å². The molecule has 0 aliphatic carbocycles. The highest BCUT2D eigenvalue weighted by Gasteiger charge is 2.15. The fourth-order valence-electron chi connectivity index (χ4n) is 2.05. The number of carbonyl (C=O) groups is 1. The van der Waals surface area contributed by atoms with Gasteiger partial charge in [0.15, 0.2) is 0 Å². The molecule has 0 amide bonds. The number of aliphatic carboxylic acids is 1. The van der Waals surface area contributed by atoms with Gasteiger partial charge in [0.25, 0.3) is 0 Å². The first-order valence-electron chi connectivity index (χ1n) is 7.00. The summed E-state index contributed by atoms with van der Waals surface area (Å²) in [5, 5.41) is 11.8. The topological polar surface area (TPSA) is 97.7 Å². The molecule has 1 aromatic heterocycles. The lowest BCUT2D eigenvalue weighted by Crippen LogP contribution is -2.35. The molecule has 6 heteroatoms. The van der Waals surface area contributed by atoms with E-state index in [4.69, 9.17) is 20.0 Å². The Kier molecular flexibility index (Phi) is 5.57. The molecular formula is C16H20N2O4. The zero-order chi connectivity index (χ0) is 15.9. The van der Waals surface area contributed by atoms with Crippen LogP contribution in [0.2, 0.25) is 0 Å². The summed E-state index contributed by atoms with van der Waals surface area (Å²) in [6, 6.07) is 8.65. The molecule has 2 rings (SSSR count). The quantitative estimate of drug-likeness (QED) is 0.684. The Bertz CT molecular complexity index is 607. The second-order valence-electron chi connectivity index (χ2n) is 4.94.